The molecule has 0 radical (unpaired) electrons. The quantitative estimate of drug-likeness (QED) is 0.507. The highest BCUT2D eigenvalue weighted by molar-refractivity contribution is 8.00. The highest BCUT2D eigenvalue weighted by Crippen LogP contribution is 2.26. The van der Waals surface area contributed by atoms with E-state index in [1.807, 2.05) is 0 Å². The molecule has 0 saturated carbocycles. The number of rotatable bonds is 1. The maximum absolute atomic E-state index is 2.34. The molecule has 0 bridgehead atoms. The first-order valence-electron chi connectivity index (χ1n) is 3.60. The molecule has 0 saturated heterocycles. The molecule has 1 aliphatic rings. The van der Waals surface area contributed by atoms with Gasteiger partial charge in [0.1, 0.15) is 0 Å². The SMILES string of the molecule is CCC1CC(C)=CCS1. The number of hydrogen-bond acceptors (Lipinski definition) is 1. The maximum atomic E-state index is 2.34. The molecule has 0 fully saturated rings. The molecule has 1 atom stereocenters. The Morgan fingerprint density at radius 1 is 1.78 bits per heavy atom. The van der Waals surface area contributed by atoms with E-state index in [1.165, 1.54) is 18.6 Å². The predicted molar refractivity (Wildman–Crippen MR) is 44.9 cm³/mol. The zero-order valence-electron chi connectivity index (χ0n) is 6.18. The first kappa shape index (κ1) is 7.20. The van der Waals surface area contributed by atoms with Crippen LogP contribution in [-0.4, -0.2) is 11.0 Å². The molecule has 1 heteroatoms. The lowest BCUT2D eigenvalue weighted by Crippen LogP contribution is -2.06. The summed E-state index contributed by atoms with van der Waals surface area (Å²) in [4.78, 5) is 0. The molecule has 1 unspecified atom stereocenters. The summed E-state index contributed by atoms with van der Waals surface area (Å²) in [5, 5.41) is 0.912. The highest BCUT2D eigenvalue weighted by Gasteiger charge is 2.10. The van der Waals surface area contributed by atoms with Gasteiger partial charge in [-0.2, -0.15) is 11.8 Å². The van der Waals surface area contributed by atoms with Crippen molar-refractivity contribution in [3.63, 3.8) is 0 Å². The van der Waals surface area contributed by atoms with Crippen LogP contribution in [0.1, 0.15) is 26.7 Å². The van der Waals surface area contributed by atoms with Gasteiger partial charge in [0, 0.05) is 11.0 Å². The molecule has 9 heavy (non-hydrogen) atoms. The van der Waals surface area contributed by atoms with Crippen LogP contribution in [0.2, 0.25) is 0 Å². The first-order chi connectivity index (χ1) is 4.33. The van der Waals surface area contributed by atoms with Gasteiger partial charge >= 0.3 is 0 Å². The molecule has 0 aliphatic carbocycles. The third-order valence-corrected chi connectivity index (χ3v) is 3.10. The molecule has 0 aromatic rings. The van der Waals surface area contributed by atoms with Crippen LogP contribution in [0.5, 0.6) is 0 Å². The lowest BCUT2D eigenvalue weighted by Gasteiger charge is -2.18. The first-order valence-corrected chi connectivity index (χ1v) is 4.65. The van der Waals surface area contributed by atoms with Crippen LogP contribution < -0.4 is 0 Å². The molecular formula is C8H14S. The summed E-state index contributed by atoms with van der Waals surface area (Å²) < 4.78 is 0. The minimum Gasteiger partial charge on any atom is -0.154 e. The average molecular weight is 142 g/mol. The van der Waals surface area contributed by atoms with Gasteiger partial charge in [-0.3, -0.25) is 0 Å². The van der Waals surface area contributed by atoms with E-state index < -0.39 is 0 Å². The van der Waals surface area contributed by atoms with Gasteiger partial charge in [-0.05, 0) is 19.8 Å². The van der Waals surface area contributed by atoms with E-state index in [4.69, 9.17) is 0 Å². The molecule has 0 spiro atoms. The van der Waals surface area contributed by atoms with Crippen molar-refractivity contribution in [1.82, 2.24) is 0 Å². The Balaban J connectivity index is 2.39. The fourth-order valence-electron chi connectivity index (χ4n) is 1.09. The fourth-order valence-corrected chi connectivity index (χ4v) is 2.36. The van der Waals surface area contributed by atoms with Crippen molar-refractivity contribution in [2.24, 2.45) is 0 Å². The Labute approximate surface area is 61.7 Å². The van der Waals surface area contributed by atoms with Crippen LogP contribution in [0, 0.1) is 0 Å². The lowest BCUT2D eigenvalue weighted by atomic mass is 10.1. The lowest BCUT2D eigenvalue weighted by molar-refractivity contribution is 0.800. The van der Waals surface area contributed by atoms with Gasteiger partial charge < -0.3 is 0 Å². The second-order valence-corrected chi connectivity index (χ2v) is 3.95. The third kappa shape index (κ3) is 2.05. The molecule has 0 amide bonds. The van der Waals surface area contributed by atoms with Crippen LogP contribution in [0.3, 0.4) is 0 Å². The van der Waals surface area contributed by atoms with Crippen LogP contribution >= 0.6 is 11.8 Å². The minimum absolute atomic E-state index is 0.912. The number of allylic oxidation sites excluding steroid dienone is 1. The Kier molecular flexibility index (Phi) is 2.65. The largest absolute Gasteiger partial charge is 0.154 e. The molecule has 0 aromatic heterocycles. The van der Waals surface area contributed by atoms with Crippen LogP contribution in [0.4, 0.5) is 0 Å². The fraction of sp³-hybridized carbons (Fsp3) is 0.750. The van der Waals surface area contributed by atoms with E-state index in [1.54, 1.807) is 5.57 Å². The summed E-state index contributed by atoms with van der Waals surface area (Å²) in [7, 11) is 0. The molecule has 1 aliphatic heterocycles. The van der Waals surface area contributed by atoms with Crippen molar-refractivity contribution in [3.8, 4) is 0 Å². The summed E-state index contributed by atoms with van der Waals surface area (Å²) in [5.74, 6) is 1.24. The molecular weight excluding hydrogens is 128 g/mol. The monoisotopic (exact) mass is 142 g/mol. The Bertz CT molecular complexity index is 116. The van der Waals surface area contributed by atoms with Crippen molar-refractivity contribution >= 4 is 11.8 Å². The van der Waals surface area contributed by atoms with E-state index in [0.717, 1.165) is 5.25 Å². The molecule has 0 N–H and O–H groups in total. The van der Waals surface area contributed by atoms with E-state index in [2.05, 4.69) is 31.7 Å². The van der Waals surface area contributed by atoms with Gasteiger partial charge in [-0.1, -0.05) is 18.6 Å². The van der Waals surface area contributed by atoms with E-state index in [-0.39, 0.29) is 0 Å². The predicted octanol–water partition coefficient (Wildman–Crippen LogP) is 2.85. The third-order valence-electron chi connectivity index (χ3n) is 1.77. The summed E-state index contributed by atoms with van der Waals surface area (Å²) in [6.45, 7) is 4.51. The zero-order valence-corrected chi connectivity index (χ0v) is 7.00. The van der Waals surface area contributed by atoms with E-state index >= 15 is 0 Å². The van der Waals surface area contributed by atoms with Crippen LogP contribution in [0.15, 0.2) is 11.6 Å². The molecule has 1 rings (SSSR count). The van der Waals surface area contributed by atoms with E-state index in [0.29, 0.717) is 0 Å². The second-order valence-electron chi connectivity index (χ2n) is 2.62. The van der Waals surface area contributed by atoms with Gasteiger partial charge in [-0.15, -0.1) is 0 Å². The van der Waals surface area contributed by atoms with Crippen molar-refractivity contribution in [3.05, 3.63) is 11.6 Å². The molecule has 52 valence electrons. The Morgan fingerprint density at radius 3 is 3.00 bits per heavy atom. The highest BCUT2D eigenvalue weighted by atomic mass is 32.2. The maximum Gasteiger partial charge on any atom is 0.0118 e. The standard InChI is InChI=1S/C8H14S/c1-3-8-6-7(2)4-5-9-8/h4,8H,3,5-6H2,1-2H3. The Hall–Kier alpha value is 0.0900. The number of thioether (sulfide) groups is 1. The summed E-state index contributed by atoms with van der Waals surface area (Å²) in [5.41, 5.74) is 1.58. The van der Waals surface area contributed by atoms with Crippen LogP contribution in [-0.2, 0) is 0 Å². The van der Waals surface area contributed by atoms with Crippen molar-refractivity contribution < 1.29 is 0 Å². The van der Waals surface area contributed by atoms with Gasteiger partial charge in [0.15, 0.2) is 0 Å². The average Bonchev–Trinajstić information content (AvgIpc) is 1.88. The molecule has 0 nitrogen and oxygen atoms in total. The summed E-state index contributed by atoms with van der Waals surface area (Å²) >= 11 is 2.09. The topological polar surface area (TPSA) is 0 Å². The normalized spacial score (nSPS) is 27.8. The van der Waals surface area contributed by atoms with Gasteiger partial charge in [-0.25, -0.2) is 0 Å². The zero-order chi connectivity index (χ0) is 6.69. The molecule has 0 aromatic carbocycles. The molecule has 1 heterocycles. The van der Waals surface area contributed by atoms with Gasteiger partial charge in [0.25, 0.3) is 0 Å². The van der Waals surface area contributed by atoms with Crippen molar-refractivity contribution in [2.45, 2.75) is 31.9 Å². The van der Waals surface area contributed by atoms with Gasteiger partial charge in [0.05, 0.1) is 0 Å². The smallest absolute Gasteiger partial charge is 0.0118 e. The van der Waals surface area contributed by atoms with E-state index in [9.17, 15) is 0 Å². The summed E-state index contributed by atoms with van der Waals surface area (Å²) in [6.07, 6.45) is 4.99. The number of hydrogen-bond donors (Lipinski definition) is 0. The minimum atomic E-state index is 0.912. The van der Waals surface area contributed by atoms with Gasteiger partial charge in [0.2, 0.25) is 0 Å². The Morgan fingerprint density at radius 2 is 2.56 bits per heavy atom. The van der Waals surface area contributed by atoms with Crippen molar-refractivity contribution in [1.29, 1.82) is 0 Å². The van der Waals surface area contributed by atoms with Crippen molar-refractivity contribution in [2.75, 3.05) is 5.75 Å². The summed E-state index contributed by atoms with van der Waals surface area (Å²) in [6, 6.07) is 0. The van der Waals surface area contributed by atoms with Crippen LogP contribution in [0.25, 0.3) is 0 Å². The second kappa shape index (κ2) is 3.31.